The maximum absolute atomic E-state index is 9.19. The van der Waals surface area contributed by atoms with Crippen LogP contribution in [0, 0.1) is 25.2 Å². The Bertz CT molecular complexity index is 644. The topological polar surface area (TPSA) is 33.0 Å². The number of nitriles is 1. The lowest BCUT2D eigenvalue weighted by atomic mass is 10.1. The van der Waals surface area contributed by atoms with E-state index in [4.69, 9.17) is 4.74 Å². The van der Waals surface area contributed by atoms with Crippen LogP contribution < -0.4 is 4.74 Å². The van der Waals surface area contributed by atoms with Crippen LogP contribution in [0.1, 0.15) is 22.3 Å². The van der Waals surface area contributed by atoms with E-state index in [1.54, 1.807) is 0 Å². The molecule has 0 bridgehead atoms. The summed E-state index contributed by atoms with van der Waals surface area (Å²) in [5.41, 5.74) is 3.80. The highest BCUT2D eigenvalue weighted by Crippen LogP contribution is 2.29. The van der Waals surface area contributed by atoms with Crippen molar-refractivity contribution < 1.29 is 4.74 Å². The second kappa shape index (κ2) is 5.90. The minimum atomic E-state index is 0.554. The van der Waals surface area contributed by atoms with Crippen LogP contribution in [0.4, 0.5) is 0 Å². The number of ether oxygens (including phenoxy) is 1. The third-order valence-corrected chi connectivity index (χ3v) is 3.53. The third kappa shape index (κ3) is 3.15. The van der Waals surface area contributed by atoms with Gasteiger partial charge in [-0.25, -0.2) is 0 Å². The standard InChI is InChI=1S/C16H14BrNO/c1-11-3-4-12(2)16(7-11)19-15-6-5-13(9-17)8-14(15)10-18/h3-8H,9H2,1-2H3. The van der Waals surface area contributed by atoms with Crippen molar-refractivity contribution >= 4 is 15.9 Å². The van der Waals surface area contributed by atoms with Crippen molar-refractivity contribution in [2.24, 2.45) is 0 Å². The fraction of sp³-hybridized carbons (Fsp3) is 0.188. The van der Waals surface area contributed by atoms with Gasteiger partial charge in [-0.3, -0.25) is 0 Å². The first-order chi connectivity index (χ1) is 9.13. The molecule has 0 N–H and O–H groups in total. The Morgan fingerprint density at radius 2 is 1.89 bits per heavy atom. The predicted octanol–water partition coefficient (Wildman–Crippen LogP) is 4.86. The van der Waals surface area contributed by atoms with Crippen molar-refractivity contribution in [3.8, 4) is 17.6 Å². The Kier molecular flexibility index (Phi) is 4.24. The molecular weight excluding hydrogens is 302 g/mol. The zero-order valence-electron chi connectivity index (χ0n) is 10.9. The van der Waals surface area contributed by atoms with Gasteiger partial charge in [-0.05, 0) is 48.7 Å². The Hall–Kier alpha value is -1.79. The molecule has 0 heterocycles. The van der Waals surface area contributed by atoms with Gasteiger partial charge in [0.15, 0.2) is 0 Å². The molecule has 0 aromatic heterocycles. The molecule has 0 atom stereocenters. The number of alkyl halides is 1. The van der Waals surface area contributed by atoms with Gasteiger partial charge >= 0.3 is 0 Å². The number of hydrogen-bond acceptors (Lipinski definition) is 2. The van der Waals surface area contributed by atoms with Gasteiger partial charge in [-0.15, -0.1) is 0 Å². The Morgan fingerprint density at radius 3 is 2.58 bits per heavy atom. The summed E-state index contributed by atoms with van der Waals surface area (Å²) >= 11 is 3.38. The zero-order chi connectivity index (χ0) is 13.8. The van der Waals surface area contributed by atoms with Crippen LogP contribution in [0.5, 0.6) is 11.5 Å². The molecule has 0 amide bonds. The van der Waals surface area contributed by atoms with Gasteiger partial charge in [0, 0.05) is 5.33 Å². The Balaban J connectivity index is 2.38. The van der Waals surface area contributed by atoms with E-state index in [1.807, 2.05) is 50.2 Å². The van der Waals surface area contributed by atoms with Gasteiger partial charge in [-0.2, -0.15) is 5.26 Å². The van der Waals surface area contributed by atoms with Crippen LogP contribution in [0.15, 0.2) is 36.4 Å². The van der Waals surface area contributed by atoms with Crippen molar-refractivity contribution in [3.05, 3.63) is 58.7 Å². The molecule has 2 aromatic rings. The number of rotatable bonds is 3. The Morgan fingerprint density at radius 1 is 1.11 bits per heavy atom. The molecule has 0 fully saturated rings. The van der Waals surface area contributed by atoms with Crippen molar-refractivity contribution in [1.82, 2.24) is 0 Å². The largest absolute Gasteiger partial charge is 0.456 e. The lowest BCUT2D eigenvalue weighted by Gasteiger charge is -2.11. The average molecular weight is 316 g/mol. The minimum Gasteiger partial charge on any atom is -0.456 e. The number of benzene rings is 2. The quantitative estimate of drug-likeness (QED) is 0.757. The number of halogens is 1. The van der Waals surface area contributed by atoms with Gasteiger partial charge in [0.05, 0.1) is 5.56 Å². The van der Waals surface area contributed by atoms with Gasteiger partial charge in [-0.1, -0.05) is 34.1 Å². The van der Waals surface area contributed by atoms with E-state index in [0.717, 1.165) is 27.8 Å². The molecule has 96 valence electrons. The SMILES string of the molecule is Cc1ccc(C)c(Oc2ccc(CBr)cc2C#N)c1. The third-order valence-electron chi connectivity index (χ3n) is 2.88. The smallest absolute Gasteiger partial charge is 0.145 e. The van der Waals surface area contributed by atoms with Crippen LogP contribution >= 0.6 is 15.9 Å². The summed E-state index contributed by atoms with van der Waals surface area (Å²) in [5.74, 6) is 1.39. The molecular formula is C16H14BrNO. The summed E-state index contributed by atoms with van der Waals surface area (Å²) in [7, 11) is 0. The van der Waals surface area contributed by atoms with Crippen molar-refractivity contribution in [2.75, 3.05) is 0 Å². The molecule has 0 unspecified atom stereocenters. The van der Waals surface area contributed by atoms with Crippen molar-refractivity contribution in [3.63, 3.8) is 0 Å². The number of hydrogen-bond donors (Lipinski definition) is 0. The molecule has 0 aliphatic heterocycles. The van der Waals surface area contributed by atoms with E-state index in [0.29, 0.717) is 11.3 Å². The maximum Gasteiger partial charge on any atom is 0.145 e. The molecule has 0 saturated heterocycles. The van der Waals surface area contributed by atoms with E-state index in [-0.39, 0.29) is 0 Å². The first kappa shape index (κ1) is 13.6. The second-order valence-electron chi connectivity index (χ2n) is 4.45. The lowest BCUT2D eigenvalue weighted by molar-refractivity contribution is 0.477. The summed E-state index contributed by atoms with van der Waals surface area (Å²) < 4.78 is 5.87. The van der Waals surface area contributed by atoms with E-state index in [1.165, 1.54) is 0 Å². The van der Waals surface area contributed by atoms with Gasteiger partial charge in [0.1, 0.15) is 17.6 Å². The lowest BCUT2D eigenvalue weighted by Crippen LogP contribution is -1.92. The van der Waals surface area contributed by atoms with Crippen molar-refractivity contribution in [2.45, 2.75) is 19.2 Å². The molecule has 0 spiro atoms. The molecule has 2 nitrogen and oxygen atoms in total. The summed E-state index contributed by atoms with van der Waals surface area (Å²) in [6.07, 6.45) is 0. The normalized spacial score (nSPS) is 10.0. The first-order valence-electron chi connectivity index (χ1n) is 5.98. The average Bonchev–Trinajstić information content (AvgIpc) is 2.43. The number of aryl methyl sites for hydroxylation is 2. The molecule has 0 saturated carbocycles. The molecule has 0 aliphatic carbocycles. The maximum atomic E-state index is 9.19. The van der Waals surface area contributed by atoms with Gasteiger partial charge < -0.3 is 4.74 Å². The van der Waals surface area contributed by atoms with Crippen LogP contribution in [0.3, 0.4) is 0 Å². The Labute approximate surface area is 121 Å². The van der Waals surface area contributed by atoms with Crippen LogP contribution in [0.2, 0.25) is 0 Å². The highest BCUT2D eigenvalue weighted by Gasteiger charge is 2.08. The summed E-state index contributed by atoms with van der Waals surface area (Å²) in [6.45, 7) is 4.01. The summed E-state index contributed by atoms with van der Waals surface area (Å²) in [4.78, 5) is 0. The highest BCUT2D eigenvalue weighted by molar-refractivity contribution is 9.08. The molecule has 0 radical (unpaired) electrons. The molecule has 0 aliphatic rings. The van der Waals surface area contributed by atoms with E-state index < -0.39 is 0 Å². The second-order valence-corrected chi connectivity index (χ2v) is 5.01. The number of nitrogens with zero attached hydrogens (tertiary/aromatic N) is 1. The molecule has 2 aromatic carbocycles. The minimum absolute atomic E-state index is 0.554. The first-order valence-corrected chi connectivity index (χ1v) is 7.10. The van der Waals surface area contributed by atoms with Crippen LogP contribution in [-0.4, -0.2) is 0 Å². The van der Waals surface area contributed by atoms with E-state index in [2.05, 4.69) is 22.0 Å². The zero-order valence-corrected chi connectivity index (χ0v) is 12.5. The fourth-order valence-corrected chi connectivity index (χ4v) is 2.12. The van der Waals surface area contributed by atoms with Gasteiger partial charge in [0.2, 0.25) is 0 Å². The van der Waals surface area contributed by atoms with Crippen molar-refractivity contribution in [1.29, 1.82) is 5.26 Å². The van der Waals surface area contributed by atoms with E-state index >= 15 is 0 Å². The monoisotopic (exact) mass is 315 g/mol. The van der Waals surface area contributed by atoms with E-state index in [9.17, 15) is 5.26 Å². The molecule has 19 heavy (non-hydrogen) atoms. The molecule has 2 rings (SSSR count). The van der Waals surface area contributed by atoms with Crippen LogP contribution in [-0.2, 0) is 5.33 Å². The summed E-state index contributed by atoms with van der Waals surface area (Å²) in [5, 5.41) is 9.92. The molecule has 3 heteroatoms. The predicted molar refractivity (Wildman–Crippen MR) is 79.8 cm³/mol. The summed E-state index contributed by atoms with van der Waals surface area (Å²) in [6, 6.07) is 13.9. The van der Waals surface area contributed by atoms with Crippen LogP contribution in [0.25, 0.3) is 0 Å². The fourth-order valence-electron chi connectivity index (χ4n) is 1.77. The highest BCUT2D eigenvalue weighted by atomic mass is 79.9. The van der Waals surface area contributed by atoms with Gasteiger partial charge in [0.25, 0.3) is 0 Å².